The number of aromatic nitrogens is 1. The van der Waals surface area contributed by atoms with Gasteiger partial charge in [0.15, 0.2) is 0 Å². The first-order valence-corrected chi connectivity index (χ1v) is 7.69. The van der Waals surface area contributed by atoms with Crippen LogP contribution >= 0.6 is 0 Å². The first kappa shape index (κ1) is 13.7. The second kappa shape index (κ2) is 5.98. The lowest BCUT2D eigenvalue weighted by atomic mass is 10.1. The quantitative estimate of drug-likeness (QED) is 0.906. The van der Waals surface area contributed by atoms with E-state index in [1.165, 1.54) is 48.0 Å². The van der Waals surface area contributed by atoms with Gasteiger partial charge in [0, 0.05) is 30.2 Å². The second-order valence-electron chi connectivity index (χ2n) is 5.89. The Morgan fingerprint density at radius 3 is 2.70 bits per heavy atom. The van der Waals surface area contributed by atoms with E-state index in [0.29, 0.717) is 6.54 Å². The molecule has 0 radical (unpaired) electrons. The first-order chi connectivity index (χ1) is 9.78. The summed E-state index contributed by atoms with van der Waals surface area (Å²) in [6, 6.07) is 6.61. The lowest BCUT2D eigenvalue weighted by Crippen LogP contribution is -2.21. The van der Waals surface area contributed by atoms with Crippen molar-refractivity contribution in [2.24, 2.45) is 0 Å². The molecule has 0 saturated carbocycles. The number of aryl methyl sites for hydroxylation is 1. The van der Waals surface area contributed by atoms with Crippen LogP contribution in [0.25, 0.3) is 10.9 Å². The molecule has 0 spiro atoms. The molecule has 2 aromatic rings. The summed E-state index contributed by atoms with van der Waals surface area (Å²) in [5.74, 6) is 0. The van der Waals surface area contributed by atoms with E-state index in [0.717, 1.165) is 13.0 Å². The zero-order chi connectivity index (χ0) is 13.9. The molecule has 0 aliphatic carbocycles. The number of rotatable bonds is 5. The third-order valence-electron chi connectivity index (χ3n) is 4.36. The highest BCUT2D eigenvalue weighted by Crippen LogP contribution is 2.24. The van der Waals surface area contributed by atoms with E-state index in [4.69, 9.17) is 0 Å². The van der Waals surface area contributed by atoms with E-state index in [-0.39, 0.29) is 6.61 Å². The number of aliphatic hydroxyl groups excluding tert-OH is 1. The minimum absolute atomic E-state index is 0.198. The Kier molecular flexibility index (Phi) is 4.08. The van der Waals surface area contributed by atoms with Gasteiger partial charge in [-0.3, -0.25) is 0 Å². The molecular formula is C17H24N2O. The Balaban J connectivity index is 1.86. The van der Waals surface area contributed by atoms with Crippen LogP contribution < -0.4 is 0 Å². The van der Waals surface area contributed by atoms with Gasteiger partial charge >= 0.3 is 0 Å². The summed E-state index contributed by atoms with van der Waals surface area (Å²) in [7, 11) is 0. The fraction of sp³-hybridized carbons (Fsp3) is 0.529. The van der Waals surface area contributed by atoms with Crippen molar-refractivity contribution in [3.63, 3.8) is 0 Å². The molecule has 1 aliphatic rings. The highest BCUT2D eigenvalue weighted by atomic mass is 16.3. The molecule has 2 heterocycles. The van der Waals surface area contributed by atoms with Gasteiger partial charge in [-0.15, -0.1) is 0 Å². The molecule has 1 aromatic carbocycles. The largest absolute Gasteiger partial charge is 0.395 e. The van der Waals surface area contributed by atoms with Crippen LogP contribution in [0.4, 0.5) is 0 Å². The number of hydrogen-bond donors (Lipinski definition) is 1. The molecular weight excluding hydrogens is 248 g/mol. The molecule has 0 unspecified atom stereocenters. The van der Waals surface area contributed by atoms with E-state index < -0.39 is 0 Å². The molecule has 3 rings (SSSR count). The van der Waals surface area contributed by atoms with Gasteiger partial charge in [0.2, 0.25) is 0 Å². The summed E-state index contributed by atoms with van der Waals surface area (Å²) < 4.78 is 2.19. The van der Waals surface area contributed by atoms with Crippen LogP contribution in [0.1, 0.15) is 24.0 Å². The summed E-state index contributed by atoms with van der Waals surface area (Å²) in [5, 5.41) is 10.6. The maximum Gasteiger partial charge on any atom is 0.0610 e. The molecule has 3 nitrogen and oxygen atoms in total. The number of benzene rings is 1. The Morgan fingerprint density at radius 1 is 1.15 bits per heavy atom. The van der Waals surface area contributed by atoms with Crippen LogP contribution in [0.3, 0.4) is 0 Å². The van der Waals surface area contributed by atoms with Gasteiger partial charge < -0.3 is 14.6 Å². The minimum atomic E-state index is 0.198. The molecule has 1 saturated heterocycles. The van der Waals surface area contributed by atoms with Crippen LogP contribution in [0, 0.1) is 6.92 Å². The maximum atomic E-state index is 9.22. The Hall–Kier alpha value is -1.32. The van der Waals surface area contributed by atoms with E-state index in [1.54, 1.807) is 0 Å². The average molecular weight is 272 g/mol. The van der Waals surface area contributed by atoms with E-state index in [2.05, 4.69) is 40.8 Å². The normalized spacial score (nSPS) is 16.3. The van der Waals surface area contributed by atoms with Crippen molar-refractivity contribution in [2.75, 3.05) is 26.2 Å². The van der Waals surface area contributed by atoms with Gasteiger partial charge in [-0.2, -0.15) is 0 Å². The molecule has 0 bridgehead atoms. The third-order valence-corrected chi connectivity index (χ3v) is 4.36. The molecule has 1 N–H and O–H groups in total. The first-order valence-electron chi connectivity index (χ1n) is 7.69. The number of nitrogens with zero attached hydrogens (tertiary/aromatic N) is 2. The van der Waals surface area contributed by atoms with Crippen LogP contribution in [0.5, 0.6) is 0 Å². The highest BCUT2D eigenvalue weighted by Gasteiger charge is 2.13. The fourth-order valence-corrected chi connectivity index (χ4v) is 3.26. The molecule has 1 aliphatic heterocycles. The SMILES string of the molecule is Cc1ccc2c(c1)c(CCN1CCCC1)cn2CCO. The molecule has 3 heteroatoms. The third kappa shape index (κ3) is 2.74. The topological polar surface area (TPSA) is 28.4 Å². The summed E-state index contributed by atoms with van der Waals surface area (Å²) in [5.41, 5.74) is 3.98. The van der Waals surface area contributed by atoms with Crippen LogP contribution in [0.2, 0.25) is 0 Å². The van der Waals surface area contributed by atoms with Crippen LogP contribution in [-0.2, 0) is 13.0 Å². The molecule has 0 atom stereocenters. The molecule has 1 fully saturated rings. The van der Waals surface area contributed by atoms with Crippen LogP contribution in [0.15, 0.2) is 24.4 Å². The number of hydrogen-bond acceptors (Lipinski definition) is 2. The Morgan fingerprint density at radius 2 is 1.95 bits per heavy atom. The van der Waals surface area contributed by atoms with Gasteiger partial charge in [-0.05, 0) is 57.0 Å². The maximum absolute atomic E-state index is 9.22. The van der Waals surface area contributed by atoms with Gasteiger partial charge in [-0.1, -0.05) is 11.6 Å². The minimum Gasteiger partial charge on any atom is -0.395 e. The zero-order valence-electron chi connectivity index (χ0n) is 12.3. The Bertz CT molecular complexity index is 582. The monoisotopic (exact) mass is 272 g/mol. The van der Waals surface area contributed by atoms with Crippen molar-refractivity contribution in [2.45, 2.75) is 32.7 Å². The van der Waals surface area contributed by atoms with Crippen molar-refractivity contribution in [1.82, 2.24) is 9.47 Å². The fourth-order valence-electron chi connectivity index (χ4n) is 3.26. The van der Waals surface area contributed by atoms with Crippen LogP contribution in [-0.4, -0.2) is 40.8 Å². The average Bonchev–Trinajstić information content (AvgIpc) is 3.05. The van der Waals surface area contributed by atoms with Crippen molar-refractivity contribution in [1.29, 1.82) is 0 Å². The van der Waals surface area contributed by atoms with E-state index in [1.807, 2.05) is 0 Å². The zero-order valence-corrected chi connectivity index (χ0v) is 12.3. The van der Waals surface area contributed by atoms with Crippen molar-refractivity contribution in [3.8, 4) is 0 Å². The standard InChI is InChI=1S/C17H24N2O/c1-14-4-5-17-16(12-14)15(13-19(17)10-11-20)6-9-18-7-2-3-8-18/h4-5,12-13,20H,2-3,6-11H2,1H3. The van der Waals surface area contributed by atoms with Gasteiger partial charge in [0.1, 0.15) is 0 Å². The second-order valence-corrected chi connectivity index (χ2v) is 5.89. The molecule has 1 aromatic heterocycles. The van der Waals surface area contributed by atoms with E-state index >= 15 is 0 Å². The van der Waals surface area contributed by atoms with Gasteiger partial charge in [-0.25, -0.2) is 0 Å². The molecule has 20 heavy (non-hydrogen) atoms. The van der Waals surface area contributed by atoms with E-state index in [9.17, 15) is 5.11 Å². The van der Waals surface area contributed by atoms with Gasteiger partial charge in [0.05, 0.1) is 6.61 Å². The predicted molar refractivity (Wildman–Crippen MR) is 83.1 cm³/mol. The van der Waals surface area contributed by atoms with Gasteiger partial charge in [0.25, 0.3) is 0 Å². The van der Waals surface area contributed by atoms with Crippen molar-refractivity contribution < 1.29 is 5.11 Å². The lowest BCUT2D eigenvalue weighted by molar-refractivity contribution is 0.278. The number of fused-ring (bicyclic) bond motifs is 1. The Labute approximate surface area is 120 Å². The lowest BCUT2D eigenvalue weighted by Gasteiger charge is -2.13. The number of likely N-dealkylation sites (tertiary alicyclic amines) is 1. The summed E-state index contributed by atoms with van der Waals surface area (Å²) >= 11 is 0. The summed E-state index contributed by atoms with van der Waals surface area (Å²) in [6.45, 7) is 6.70. The van der Waals surface area contributed by atoms with Crippen molar-refractivity contribution in [3.05, 3.63) is 35.5 Å². The summed E-state index contributed by atoms with van der Waals surface area (Å²) in [4.78, 5) is 2.56. The highest BCUT2D eigenvalue weighted by molar-refractivity contribution is 5.84. The predicted octanol–water partition coefficient (Wildman–Crippen LogP) is 2.58. The smallest absolute Gasteiger partial charge is 0.0610 e. The molecule has 108 valence electrons. The van der Waals surface area contributed by atoms with Crippen molar-refractivity contribution >= 4 is 10.9 Å². The number of aliphatic hydroxyl groups is 1. The summed E-state index contributed by atoms with van der Waals surface area (Å²) in [6.07, 6.45) is 6.05. The molecule has 0 amide bonds.